The molecule has 0 saturated carbocycles. The third kappa shape index (κ3) is 5.85. The van der Waals surface area contributed by atoms with Crippen LogP contribution in [0.5, 0.6) is 5.75 Å². The maximum absolute atomic E-state index is 14.0. The summed E-state index contributed by atoms with van der Waals surface area (Å²) in [6, 6.07) is 29.3. The molecule has 8 nitrogen and oxygen atoms in total. The first-order chi connectivity index (χ1) is 20.9. The van der Waals surface area contributed by atoms with E-state index in [9.17, 15) is 9.59 Å². The molecule has 6 aromatic rings. The van der Waals surface area contributed by atoms with Gasteiger partial charge in [-0.1, -0.05) is 60.7 Å². The number of rotatable bonds is 9. The van der Waals surface area contributed by atoms with Gasteiger partial charge in [0, 0.05) is 16.8 Å². The van der Waals surface area contributed by atoms with E-state index in [1.165, 1.54) is 11.3 Å². The summed E-state index contributed by atoms with van der Waals surface area (Å²) in [5, 5.41) is 9.81. The molecule has 0 bridgehead atoms. The van der Waals surface area contributed by atoms with Crippen molar-refractivity contribution in [2.24, 2.45) is 0 Å². The number of benzene rings is 3. The van der Waals surface area contributed by atoms with Crippen LogP contribution < -0.4 is 15.6 Å². The normalized spacial score (nSPS) is 11.9. The van der Waals surface area contributed by atoms with E-state index in [1.807, 2.05) is 98.1 Å². The molecule has 0 spiro atoms. The lowest BCUT2D eigenvalue weighted by atomic mass is 9.98. The van der Waals surface area contributed by atoms with Crippen LogP contribution in [-0.4, -0.2) is 32.2 Å². The van der Waals surface area contributed by atoms with Crippen LogP contribution in [0.25, 0.3) is 21.9 Å². The van der Waals surface area contributed by atoms with Gasteiger partial charge in [-0.3, -0.25) is 14.0 Å². The first kappa shape index (κ1) is 28.1. The third-order valence-corrected chi connectivity index (χ3v) is 8.32. The summed E-state index contributed by atoms with van der Waals surface area (Å²) >= 11 is 1.35. The summed E-state index contributed by atoms with van der Waals surface area (Å²) in [7, 11) is 1.63. The lowest BCUT2D eigenvalue weighted by molar-refractivity contribution is -0.121. The number of aryl methyl sites for hydroxylation is 2. The quantitative estimate of drug-likeness (QED) is 0.228. The predicted molar refractivity (Wildman–Crippen MR) is 169 cm³/mol. The van der Waals surface area contributed by atoms with Crippen molar-refractivity contribution in [2.75, 3.05) is 7.11 Å². The predicted octanol–water partition coefficient (Wildman–Crippen LogP) is 5.88. The van der Waals surface area contributed by atoms with Crippen molar-refractivity contribution in [3.8, 4) is 22.7 Å². The number of carbonyl (C=O) groups excluding carboxylic acids is 1. The zero-order valence-electron chi connectivity index (χ0n) is 24.2. The van der Waals surface area contributed by atoms with E-state index in [1.54, 1.807) is 16.2 Å². The van der Waals surface area contributed by atoms with Gasteiger partial charge in [0.1, 0.15) is 11.4 Å². The monoisotopic (exact) mass is 589 g/mol. The summed E-state index contributed by atoms with van der Waals surface area (Å²) in [6.07, 6.45) is 0.698. The number of nitrogens with one attached hydrogen (secondary N) is 1. The molecule has 0 radical (unpaired) electrons. The first-order valence-electron chi connectivity index (χ1n) is 14.0. The Labute approximate surface area is 253 Å². The molecule has 0 aliphatic carbocycles. The zero-order valence-corrected chi connectivity index (χ0v) is 25.0. The van der Waals surface area contributed by atoms with Gasteiger partial charge in [0.05, 0.1) is 36.5 Å². The fraction of sp³-hybridized carbons (Fsp3) is 0.176. The molecule has 1 unspecified atom stereocenters. The molecule has 0 aliphatic heterocycles. The van der Waals surface area contributed by atoms with Crippen molar-refractivity contribution in [1.82, 2.24) is 24.5 Å². The second-order valence-electron chi connectivity index (χ2n) is 10.4. The molecule has 3 aromatic heterocycles. The van der Waals surface area contributed by atoms with Crippen LogP contribution in [0, 0.1) is 13.8 Å². The molecule has 9 heteroatoms. The number of hydrogen-bond donors (Lipinski definition) is 1. The van der Waals surface area contributed by atoms with Gasteiger partial charge < -0.3 is 10.1 Å². The maximum Gasteiger partial charge on any atom is 0.268 e. The van der Waals surface area contributed by atoms with Gasteiger partial charge in [-0.05, 0) is 61.7 Å². The molecule has 6 rings (SSSR count). The highest BCUT2D eigenvalue weighted by Gasteiger charge is 2.21. The summed E-state index contributed by atoms with van der Waals surface area (Å²) in [5.41, 5.74) is 5.77. The molecule has 0 aliphatic rings. The number of aromatic nitrogens is 4. The van der Waals surface area contributed by atoms with E-state index in [0.29, 0.717) is 34.0 Å². The van der Waals surface area contributed by atoms with Gasteiger partial charge in [0.2, 0.25) is 5.91 Å². The minimum absolute atomic E-state index is 0.0432. The van der Waals surface area contributed by atoms with E-state index in [4.69, 9.17) is 14.8 Å². The van der Waals surface area contributed by atoms with Crippen LogP contribution in [0.4, 0.5) is 0 Å². The van der Waals surface area contributed by atoms with Crippen molar-refractivity contribution in [3.63, 3.8) is 0 Å². The van der Waals surface area contributed by atoms with Crippen molar-refractivity contribution in [1.29, 1.82) is 0 Å². The van der Waals surface area contributed by atoms with E-state index in [0.717, 1.165) is 28.3 Å². The second-order valence-corrected chi connectivity index (χ2v) is 11.2. The Balaban J connectivity index is 1.30. The smallest absolute Gasteiger partial charge is 0.268 e. The fourth-order valence-corrected chi connectivity index (χ4v) is 6.23. The minimum Gasteiger partial charge on any atom is -0.497 e. The van der Waals surface area contributed by atoms with Gasteiger partial charge in [-0.25, -0.2) is 9.67 Å². The Hall–Kier alpha value is -5.02. The second kappa shape index (κ2) is 12.1. The maximum atomic E-state index is 14.0. The highest BCUT2D eigenvalue weighted by atomic mass is 32.1. The number of thiazole rings is 1. The van der Waals surface area contributed by atoms with Gasteiger partial charge in [-0.15, -0.1) is 11.3 Å². The number of nitrogens with zero attached hydrogens (tertiary/aromatic N) is 4. The average Bonchev–Trinajstić information content (AvgIpc) is 3.60. The Morgan fingerprint density at radius 1 is 0.977 bits per heavy atom. The Morgan fingerprint density at radius 2 is 1.67 bits per heavy atom. The van der Waals surface area contributed by atoms with Crippen LogP contribution >= 0.6 is 11.3 Å². The highest BCUT2D eigenvalue weighted by Crippen LogP contribution is 2.25. The third-order valence-electron chi connectivity index (χ3n) is 7.44. The van der Waals surface area contributed by atoms with Crippen LogP contribution in [0.15, 0.2) is 101 Å². The van der Waals surface area contributed by atoms with Gasteiger partial charge in [0.15, 0.2) is 4.96 Å². The van der Waals surface area contributed by atoms with Crippen molar-refractivity contribution in [3.05, 3.63) is 135 Å². The molecule has 43 heavy (non-hydrogen) atoms. The van der Waals surface area contributed by atoms with Gasteiger partial charge in [-0.2, -0.15) is 5.10 Å². The van der Waals surface area contributed by atoms with Crippen LogP contribution in [0.1, 0.15) is 34.3 Å². The molecular formula is C34H31N5O3S. The lowest BCUT2D eigenvalue weighted by Gasteiger charge is -2.19. The highest BCUT2D eigenvalue weighted by molar-refractivity contribution is 7.15. The molecular weight excluding hydrogens is 558 g/mol. The summed E-state index contributed by atoms with van der Waals surface area (Å²) in [5.74, 6) is 0.583. The van der Waals surface area contributed by atoms with Gasteiger partial charge >= 0.3 is 0 Å². The van der Waals surface area contributed by atoms with Crippen molar-refractivity contribution < 1.29 is 9.53 Å². The summed E-state index contributed by atoms with van der Waals surface area (Å²) < 4.78 is 8.61. The number of carbonyl (C=O) groups is 1. The molecule has 0 saturated heterocycles. The van der Waals surface area contributed by atoms with E-state index in [-0.39, 0.29) is 23.9 Å². The van der Waals surface area contributed by atoms with E-state index < -0.39 is 0 Å². The van der Waals surface area contributed by atoms with Crippen molar-refractivity contribution >= 4 is 22.2 Å². The molecule has 3 heterocycles. The standard InChI is InChI=1S/C34H31N5O3S/c1-22-18-30(37-39(22)26-14-16-28(42-3)17-15-26)32-23(2)35-34-38(33(32)41)27(21-43-34)20-31(40)36-29(25-12-8-5-9-13-25)19-24-10-6-4-7-11-24/h4-18,21,29H,19-20H2,1-3H3,(H,36,40). The number of fused-ring (bicyclic) bond motifs is 1. The van der Waals surface area contributed by atoms with Crippen molar-refractivity contribution in [2.45, 2.75) is 32.7 Å². The molecule has 0 fully saturated rings. The minimum atomic E-state index is -0.241. The number of methoxy groups -OCH3 is 1. The number of hydrogen-bond acceptors (Lipinski definition) is 6. The SMILES string of the molecule is COc1ccc(-n2nc(-c3c(C)nc4scc(CC(=O)NC(Cc5ccccc5)c5ccccc5)n4c3=O)cc2C)cc1. The zero-order chi connectivity index (χ0) is 29.9. The topological polar surface area (TPSA) is 90.5 Å². The number of amides is 1. The summed E-state index contributed by atoms with van der Waals surface area (Å²) in [6.45, 7) is 3.76. The molecule has 1 amide bonds. The summed E-state index contributed by atoms with van der Waals surface area (Å²) in [4.78, 5) is 32.7. The molecule has 1 atom stereocenters. The van der Waals surface area contributed by atoms with Crippen LogP contribution in [0.2, 0.25) is 0 Å². The average molecular weight is 590 g/mol. The molecule has 1 N–H and O–H groups in total. The number of ether oxygens (including phenoxy) is 1. The molecule has 3 aromatic carbocycles. The van der Waals surface area contributed by atoms with E-state index >= 15 is 0 Å². The molecule has 216 valence electrons. The Kier molecular flexibility index (Phi) is 7.89. The largest absolute Gasteiger partial charge is 0.497 e. The van der Waals surface area contributed by atoms with Crippen LogP contribution in [0.3, 0.4) is 0 Å². The Morgan fingerprint density at radius 3 is 2.37 bits per heavy atom. The first-order valence-corrected chi connectivity index (χ1v) is 14.9. The van der Waals surface area contributed by atoms with E-state index in [2.05, 4.69) is 17.4 Å². The Bertz CT molecular complexity index is 1940. The van der Waals surface area contributed by atoms with Crippen LogP contribution in [-0.2, 0) is 17.6 Å². The lowest BCUT2D eigenvalue weighted by Crippen LogP contribution is -2.32. The van der Waals surface area contributed by atoms with Gasteiger partial charge in [0.25, 0.3) is 5.56 Å². The fourth-order valence-electron chi connectivity index (χ4n) is 5.30.